The van der Waals surface area contributed by atoms with Crippen molar-refractivity contribution in [1.82, 2.24) is 0 Å². The van der Waals surface area contributed by atoms with Crippen LogP contribution in [-0.4, -0.2) is 0 Å². The van der Waals surface area contributed by atoms with Crippen molar-refractivity contribution in [1.29, 1.82) is 0 Å². The maximum absolute atomic E-state index is 5.72. The zero-order valence-corrected chi connectivity index (χ0v) is 10.5. The maximum atomic E-state index is 5.72. The molecule has 0 aliphatic heterocycles. The predicted molar refractivity (Wildman–Crippen MR) is 67.6 cm³/mol. The Morgan fingerprint density at radius 2 is 1.36 bits per heavy atom. The molecule has 0 atom stereocenters. The summed E-state index contributed by atoms with van der Waals surface area (Å²) in [6.45, 7) is 12.3. The van der Waals surface area contributed by atoms with Crippen molar-refractivity contribution in [2.45, 2.75) is 47.5 Å². The van der Waals surface area contributed by atoms with Gasteiger partial charge in [-0.05, 0) is 17.5 Å². The molecule has 0 fully saturated rings. The quantitative estimate of drug-likeness (QED) is 0.658. The van der Waals surface area contributed by atoms with E-state index in [9.17, 15) is 0 Å². The second kappa shape index (κ2) is 10.1. The van der Waals surface area contributed by atoms with Gasteiger partial charge in [0.05, 0.1) is 0 Å². The number of anilines is 1. The van der Waals surface area contributed by atoms with Crippen LogP contribution in [0.25, 0.3) is 0 Å². The molecule has 82 valence electrons. The van der Waals surface area contributed by atoms with Crippen LogP contribution >= 0.6 is 0 Å². The highest BCUT2D eigenvalue weighted by Crippen LogP contribution is 2.19. The molecule has 1 aromatic rings. The summed E-state index contributed by atoms with van der Waals surface area (Å²) >= 11 is 0. The van der Waals surface area contributed by atoms with Gasteiger partial charge in [-0.2, -0.15) is 0 Å². The smallest absolute Gasteiger partial charge is 0.0349 e. The number of para-hydroxylation sites is 1. The summed E-state index contributed by atoms with van der Waals surface area (Å²) in [4.78, 5) is 0. The van der Waals surface area contributed by atoms with Gasteiger partial charge in [0.1, 0.15) is 0 Å². The molecule has 1 rings (SSSR count). The molecule has 0 saturated heterocycles. The molecule has 0 amide bonds. The van der Waals surface area contributed by atoms with E-state index in [2.05, 4.69) is 19.9 Å². The molecule has 0 unspecified atom stereocenters. The average molecular weight is 195 g/mol. The summed E-state index contributed by atoms with van der Waals surface area (Å²) in [5.74, 6) is 0.529. The molecule has 1 nitrogen and oxygen atoms in total. The van der Waals surface area contributed by atoms with E-state index in [0.29, 0.717) is 5.92 Å². The highest BCUT2D eigenvalue weighted by atomic mass is 14.6. The van der Waals surface area contributed by atoms with E-state index < -0.39 is 0 Å². The van der Waals surface area contributed by atoms with Gasteiger partial charge in [-0.3, -0.25) is 0 Å². The van der Waals surface area contributed by atoms with E-state index in [0.717, 1.165) is 5.69 Å². The molecule has 2 N–H and O–H groups in total. The van der Waals surface area contributed by atoms with E-state index in [1.54, 1.807) is 0 Å². The molecule has 14 heavy (non-hydrogen) atoms. The van der Waals surface area contributed by atoms with Crippen LogP contribution in [0.1, 0.15) is 53.0 Å². The Bertz CT molecular complexity index is 216. The van der Waals surface area contributed by atoms with Gasteiger partial charge >= 0.3 is 0 Å². The van der Waals surface area contributed by atoms with Crippen molar-refractivity contribution < 1.29 is 0 Å². The fraction of sp³-hybridized carbons (Fsp3) is 0.538. The summed E-state index contributed by atoms with van der Waals surface area (Å²) in [5, 5.41) is 0. The van der Waals surface area contributed by atoms with Crippen molar-refractivity contribution in [3.05, 3.63) is 29.8 Å². The molecule has 0 bridgehead atoms. The Hall–Kier alpha value is -0.980. The fourth-order valence-electron chi connectivity index (χ4n) is 1.04. The van der Waals surface area contributed by atoms with Gasteiger partial charge in [-0.25, -0.2) is 0 Å². The van der Waals surface area contributed by atoms with Crippen molar-refractivity contribution in [3.8, 4) is 0 Å². The highest BCUT2D eigenvalue weighted by molar-refractivity contribution is 5.47. The average Bonchev–Trinajstić information content (AvgIpc) is 2.24. The summed E-state index contributed by atoms with van der Waals surface area (Å²) in [6.07, 6.45) is 0. The minimum atomic E-state index is 0.529. The van der Waals surface area contributed by atoms with Gasteiger partial charge in [0.25, 0.3) is 0 Å². The number of nitrogen functional groups attached to an aromatic ring is 1. The van der Waals surface area contributed by atoms with Gasteiger partial charge in [-0.1, -0.05) is 59.7 Å². The van der Waals surface area contributed by atoms with Gasteiger partial charge < -0.3 is 5.73 Å². The Balaban J connectivity index is 0. The van der Waals surface area contributed by atoms with Gasteiger partial charge in [0.2, 0.25) is 0 Å². The summed E-state index contributed by atoms with van der Waals surface area (Å²) in [7, 11) is 0. The Morgan fingerprint density at radius 1 is 0.929 bits per heavy atom. The number of benzene rings is 1. The highest BCUT2D eigenvalue weighted by Gasteiger charge is 2.00. The predicted octanol–water partition coefficient (Wildman–Crippen LogP) is 4.44. The number of hydrogen-bond donors (Lipinski definition) is 1. The lowest BCUT2D eigenvalue weighted by molar-refractivity contribution is 0.870. The zero-order valence-electron chi connectivity index (χ0n) is 10.5. The third-order valence-electron chi connectivity index (χ3n) is 1.62. The summed E-state index contributed by atoms with van der Waals surface area (Å²) < 4.78 is 0. The van der Waals surface area contributed by atoms with Gasteiger partial charge in [-0.15, -0.1) is 0 Å². The lowest BCUT2D eigenvalue weighted by Crippen LogP contribution is -1.94. The van der Waals surface area contributed by atoms with Crippen LogP contribution in [0.4, 0.5) is 5.69 Å². The second-order valence-corrected chi connectivity index (χ2v) is 2.78. The summed E-state index contributed by atoms with van der Waals surface area (Å²) in [6, 6.07) is 7.99. The van der Waals surface area contributed by atoms with Crippen LogP contribution in [0.15, 0.2) is 24.3 Å². The molecule has 0 saturated carbocycles. The molecular weight excluding hydrogens is 170 g/mol. The molecule has 1 aromatic carbocycles. The molecule has 0 aliphatic rings. The molecule has 1 heteroatoms. The first-order chi connectivity index (χ1) is 6.72. The molecule has 0 heterocycles. The molecule has 0 radical (unpaired) electrons. The van der Waals surface area contributed by atoms with Crippen LogP contribution in [0.5, 0.6) is 0 Å². The molecule has 0 aliphatic carbocycles. The first-order valence-corrected chi connectivity index (χ1v) is 5.56. The molecule has 0 aromatic heterocycles. The standard InChI is InChI=1S/C9H13N.2C2H6/c1-7(2)8-5-3-4-6-9(8)10;2*1-2/h3-7H,10H2,1-2H3;2*1-2H3. The number of nitrogens with two attached hydrogens (primary N) is 1. The minimum absolute atomic E-state index is 0.529. The van der Waals surface area contributed by atoms with Crippen LogP contribution in [0, 0.1) is 0 Å². The van der Waals surface area contributed by atoms with Crippen LogP contribution in [0.2, 0.25) is 0 Å². The molecular formula is C13H25N. The van der Waals surface area contributed by atoms with Crippen molar-refractivity contribution in [2.24, 2.45) is 0 Å². The topological polar surface area (TPSA) is 26.0 Å². The van der Waals surface area contributed by atoms with E-state index in [1.807, 2.05) is 45.9 Å². The maximum Gasteiger partial charge on any atom is 0.0349 e. The fourth-order valence-corrected chi connectivity index (χ4v) is 1.04. The van der Waals surface area contributed by atoms with Crippen molar-refractivity contribution in [2.75, 3.05) is 5.73 Å². The Morgan fingerprint density at radius 3 is 1.64 bits per heavy atom. The normalized spacial score (nSPS) is 8.21. The van der Waals surface area contributed by atoms with Gasteiger partial charge in [0, 0.05) is 5.69 Å². The SMILES string of the molecule is CC.CC.CC(C)c1ccccc1N. The first-order valence-electron chi connectivity index (χ1n) is 5.56. The lowest BCUT2D eigenvalue weighted by Gasteiger charge is -2.07. The largest absolute Gasteiger partial charge is 0.398 e. The van der Waals surface area contributed by atoms with E-state index in [1.165, 1.54) is 5.56 Å². The van der Waals surface area contributed by atoms with Gasteiger partial charge in [0.15, 0.2) is 0 Å². The number of hydrogen-bond acceptors (Lipinski definition) is 1. The first kappa shape index (κ1) is 15.5. The van der Waals surface area contributed by atoms with E-state index >= 15 is 0 Å². The third kappa shape index (κ3) is 5.63. The Kier molecular flexibility index (Phi) is 11.2. The van der Waals surface area contributed by atoms with Crippen LogP contribution in [-0.2, 0) is 0 Å². The van der Waals surface area contributed by atoms with E-state index in [4.69, 9.17) is 5.73 Å². The van der Waals surface area contributed by atoms with Crippen molar-refractivity contribution >= 4 is 5.69 Å². The number of rotatable bonds is 1. The van der Waals surface area contributed by atoms with Crippen LogP contribution < -0.4 is 5.73 Å². The van der Waals surface area contributed by atoms with E-state index in [-0.39, 0.29) is 0 Å². The lowest BCUT2D eigenvalue weighted by atomic mass is 10.0. The zero-order chi connectivity index (χ0) is 11.6. The second-order valence-electron chi connectivity index (χ2n) is 2.78. The van der Waals surface area contributed by atoms with Crippen LogP contribution in [0.3, 0.4) is 0 Å². The summed E-state index contributed by atoms with van der Waals surface area (Å²) in [5.41, 5.74) is 7.86. The monoisotopic (exact) mass is 195 g/mol. The van der Waals surface area contributed by atoms with Crippen molar-refractivity contribution in [3.63, 3.8) is 0 Å². The third-order valence-corrected chi connectivity index (χ3v) is 1.62. The minimum Gasteiger partial charge on any atom is -0.398 e. The molecule has 0 spiro atoms. The Labute approximate surface area is 89.3 Å².